The van der Waals surface area contributed by atoms with Crippen molar-refractivity contribution < 1.29 is 0 Å². The summed E-state index contributed by atoms with van der Waals surface area (Å²) in [5.74, 6) is 0. The zero-order valence-electron chi connectivity index (χ0n) is 13.5. The van der Waals surface area contributed by atoms with Gasteiger partial charge in [-0.25, -0.2) is 0 Å². The Kier molecular flexibility index (Phi) is 5.08. The highest BCUT2D eigenvalue weighted by molar-refractivity contribution is 6.30. The van der Waals surface area contributed by atoms with E-state index in [4.69, 9.17) is 11.6 Å². The lowest BCUT2D eigenvalue weighted by Crippen LogP contribution is -2.22. The van der Waals surface area contributed by atoms with Gasteiger partial charge in [-0.1, -0.05) is 49.2 Å². The Morgan fingerprint density at radius 2 is 1.62 bits per heavy atom. The van der Waals surface area contributed by atoms with Gasteiger partial charge in [-0.2, -0.15) is 0 Å². The molecular formula is C19H24ClN. The lowest BCUT2D eigenvalue weighted by atomic mass is 9.91. The van der Waals surface area contributed by atoms with Gasteiger partial charge in [0, 0.05) is 17.6 Å². The highest BCUT2D eigenvalue weighted by Gasteiger charge is 2.12. The van der Waals surface area contributed by atoms with E-state index in [-0.39, 0.29) is 0 Å². The fourth-order valence-corrected chi connectivity index (χ4v) is 3.03. The Morgan fingerprint density at radius 3 is 2.19 bits per heavy atom. The fraction of sp³-hybridized carbons (Fsp3) is 0.368. The van der Waals surface area contributed by atoms with E-state index in [1.165, 1.54) is 33.4 Å². The topological polar surface area (TPSA) is 12.0 Å². The number of rotatable bonds is 4. The molecule has 0 unspecified atom stereocenters. The minimum Gasteiger partial charge on any atom is -0.310 e. The van der Waals surface area contributed by atoms with Crippen molar-refractivity contribution in [2.24, 2.45) is 0 Å². The van der Waals surface area contributed by atoms with Gasteiger partial charge in [-0.3, -0.25) is 0 Å². The number of nitrogens with one attached hydrogen (secondary N) is 1. The van der Waals surface area contributed by atoms with Crippen molar-refractivity contribution in [2.75, 3.05) is 0 Å². The molecule has 0 bridgehead atoms. The molecule has 2 aromatic rings. The number of hydrogen-bond acceptors (Lipinski definition) is 1. The van der Waals surface area contributed by atoms with Gasteiger partial charge in [0.25, 0.3) is 0 Å². The van der Waals surface area contributed by atoms with Crippen molar-refractivity contribution in [3.05, 3.63) is 57.6 Å². The molecule has 2 aromatic carbocycles. The van der Waals surface area contributed by atoms with Crippen molar-refractivity contribution in [1.82, 2.24) is 5.32 Å². The number of hydrogen-bond donors (Lipinski definition) is 1. The SMILES string of the molecule is Cc1cc(C)c(-c2cc(Cl)ccc2CNC(C)C)c(C)c1. The molecule has 0 aliphatic carbocycles. The quantitative estimate of drug-likeness (QED) is 0.794. The molecule has 0 radical (unpaired) electrons. The van der Waals surface area contributed by atoms with E-state index in [2.05, 4.69) is 64.2 Å². The Hall–Kier alpha value is -1.31. The predicted octanol–water partition coefficient (Wildman–Crippen LogP) is 5.43. The molecule has 0 aliphatic heterocycles. The van der Waals surface area contributed by atoms with E-state index in [1.54, 1.807) is 0 Å². The Bertz CT molecular complexity index is 621. The van der Waals surface area contributed by atoms with Crippen LogP contribution < -0.4 is 5.32 Å². The maximum atomic E-state index is 6.24. The van der Waals surface area contributed by atoms with Crippen LogP contribution in [-0.4, -0.2) is 6.04 Å². The summed E-state index contributed by atoms with van der Waals surface area (Å²) in [4.78, 5) is 0. The van der Waals surface area contributed by atoms with Crippen LogP contribution in [-0.2, 0) is 6.54 Å². The molecule has 1 nitrogen and oxygen atoms in total. The van der Waals surface area contributed by atoms with Gasteiger partial charge in [-0.05, 0) is 60.7 Å². The van der Waals surface area contributed by atoms with E-state index >= 15 is 0 Å². The number of benzene rings is 2. The van der Waals surface area contributed by atoms with Gasteiger partial charge in [-0.15, -0.1) is 0 Å². The summed E-state index contributed by atoms with van der Waals surface area (Å²) in [5.41, 5.74) is 7.76. The average molecular weight is 302 g/mol. The van der Waals surface area contributed by atoms with Gasteiger partial charge < -0.3 is 5.32 Å². The van der Waals surface area contributed by atoms with Crippen LogP contribution in [0.2, 0.25) is 5.02 Å². The first-order chi connectivity index (χ1) is 9.88. The van der Waals surface area contributed by atoms with Crippen LogP contribution >= 0.6 is 11.6 Å². The Morgan fingerprint density at radius 1 is 1.00 bits per heavy atom. The molecule has 0 amide bonds. The summed E-state index contributed by atoms with van der Waals surface area (Å²) >= 11 is 6.24. The molecule has 0 fully saturated rings. The van der Waals surface area contributed by atoms with E-state index < -0.39 is 0 Å². The molecule has 0 aromatic heterocycles. The van der Waals surface area contributed by atoms with E-state index in [9.17, 15) is 0 Å². The molecule has 0 spiro atoms. The third kappa shape index (κ3) is 3.87. The van der Waals surface area contributed by atoms with Crippen LogP contribution in [0.5, 0.6) is 0 Å². The van der Waals surface area contributed by atoms with E-state index in [1.807, 2.05) is 6.07 Å². The molecular weight excluding hydrogens is 278 g/mol. The van der Waals surface area contributed by atoms with Crippen molar-refractivity contribution in [3.63, 3.8) is 0 Å². The predicted molar refractivity (Wildman–Crippen MR) is 93.1 cm³/mol. The van der Waals surface area contributed by atoms with Crippen molar-refractivity contribution in [1.29, 1.82) is 0 Å². The normalized spacial score (nSPS) is 11.2. The highest BCUT2D eigenvalue weighted by Crippen LogP contribution is 2.33. The average Bonchev–Trinajstić information content (AvgIpc) is 2.36. The van der Waals surface area contributed by atoms with Gasteiger partial charge in [0.2, 0.25) is 0 Å². The maximum Gasteiger partial charge on any atom is 0.0412 e. The van der Waals surface area contributed by atoms with Crippen molar-refractivity contribution >= 4 is 11.6 Å². The number of halogens is 1. The zero-order chi connectivity index (χ0) is 15.6. The second kappa shape index (κ2) is 6.64. The third-order valence-corrected chi connectivity index (χ3v) is 3.95. The summed E-state index contributed by atoms with van der Waals surface area (Å²) in [5, 5.41) is 4.29. The van der Waals surface area contributed by atoms with Crippen molar-refractivity contribution in [2.45, 2.75) is 47.2 Å². The van der Waals surface area contributed by atoms with Gasteiger partial charge in [0.1, 0.15) is 0 Å². The zero-order valence-corrected chi connectivity index (χ0v) is 14.3. The third-order valence-electron chi connectivity index (χ3n) is 3.72. The second-order valence-corrected chi connectivity index (χ2v) is 6.55. The maximum absolute atomic E-state index is 6.24. The molecule has 0 aliphatic rings. The summed E-state index contributed by atoms with van der Waals surface area (Å²) in [6, 6.07) is 11.1. The molecule has 0 saturated carbocycles. The van der Waals surface area contributed by atoms with Crippen LogP contribution in [0, 0.1) is 20.8 Å². The number of aryl methyl sites for hydroxylation is 3. The molecule has 0 atom stereocenters. The monoisotopic (exact) mass is 301 g/mol. The second-order valence-electron chi connectivity index (χ2n) is 6.11. The summed E-state index contributed by atoms with van der Waals surface area (Å²) < 4.78 is 0. The Balaban J connectivity index is 2.54. The van der Waals surface area contributed by atoms with Gasteiger partial charge >= 0.3 is 0 Å². The fourth-order valence-electron chi connectivity index (χ4n) is 2.85. The first-order valence-electron chi connectivity index (χ1n) is 7.48. The van der Waals surface area contributed by atoms with Gasteiger partial charge in [0.05, 0.1) is 0 Å². The van der Waals surface area contributed by atoms with Gasteiger partial charge in [0.15, 0.2) is 0 Å². The van der Waals surface area contributed by atoms with Crippen LogP contribution in [0.25, 0.3) is 11.1 Å². The molecule has 1 N–H and O–H groups in total. The smallest absolute Gasteiger partial charge is 0.0412 e. The summed E-state index contributed by atoms with van der Waals surface area (Å²) in [6.07, 6.45) is 0. The first kappa shape index (κ1) is 16.1. The summed E-state index contributed by atoms with van der Waals surface area (Å²) in [6.45, 7) is 11.7. The van der Waals surface area contributed by atoms with Crippen LogP contribution in [0.4, 0.5) is 0 Å². The lowest BCUT2D eigenvalue weighted by Gasteiger charge is -2.17. The highest BCUT2D eigenvalue weighted by atomic mass is 35.5. The largest absolute Gasteiger partial charge is 0.310 e. The minimum absolute atomic E-state index is 0.466. The molecule has 2 heteroatoms. The minimum atomic E-state index is 0.466. The lowest BCUT2D eigenvalue weighted by molar-refractivity contribution is 0.589. The van der Waals surface area contributed by atoms with E-state index in [0.29, 0.717) is 6.04 Å². The molecule has 0 saturated heterocycles. The van der Waals surface area contributed by atoms with Crippen molar-refractivity contribution in [3.8, 4) is 11.1 Å². The van der Waals surface area contributed by atoms with Crippen LogP contribution in [0.3, 0.4) is 0 Å². The Labute approximate surface area is 133 Å². The molecule has 0 heterocycles. The molecule has 2 rings (SSSR count). The first-order valence-corrected chi connectivity index (χ1v) is 7.86. The summed E-state index contributed by atoms with van der Waals surface area (Å²) in [7, 11) is 0. The van der Waals surface area contributed by atoms with Crippen LogP contribution in [0.15, 0.2) is 30.3 Å². The molecule has 21 heavy (non-hydrogen) atoms. The van der Waals surface area contributed by atoms with Crippen LogP contribution in [0.1, 0.15) is 36.1 Å². The molecule has 112 valence electrons. The van der Waals surface area contributed by atoms with E-state index in [0.717, 1.165) is 11.6 Å². The standard InChI is InChI=1S/C19H24ClN/c1-12(2)21-11-16-6-7-17(20)10-18(16)19-14(4)8-13(3)9-15(19)5/h6-10,12,21H,11H2,1-5H3.